The summed E-state index contributed by atoms with van der Waals surface area (Å²) in [5.41, 5.74) is 6.77. The van der Waals surface area contributed by atoms with E-state index in [0.717, 1.165) is 16.7 Å². The maximum absolute atomic E-state index is 12.7. The highest BCUT2D eigenvalue weighted by molar-refractivity contribution is 8.14. The Morgan fingerprint density at radius 3 is 2.64 bits per heavy atom. The van der Waals surface area contributed by atoms with E-state index in [-0.39, 0.29) is 28.2 Å². The van der Waals surface area contributed by atoms with Crippen LogP contribution in [-0.2, 0) is 9.59 Å². The summed E-state index contributed by atoms with van der Waals surface area (Å²) >= 11 is 19.0. The second-order valence-corrected chi connectivity index (χ2v) is 8.15. The molecule has 2 N–H and O–H groups in total. The van der Waals surface area contributed by atoms with Crippen LogP contribution in [0.3, 0.4) is 0 Å². The lowest BCUT2D eigenvalue weighted by atomic mass is 10.2. The van der Waals surface area contributed by atoms with E-state index in [0.29, 0.717) is 15.6 Å². The number of carbonyl (C=O) groups is 2. The normalized spacial score (nSPS) is 17.8. The van der Waals surface area contributed by atoms with Gasteiger partial charge in [-0.3, -0.25) is 9.59 Å². The number of carbonyl (C=O) groups excluding carboxylic acids is 2. The third-order valence-electron chi connectivity index (χ3n) is 3.78. The molecule has 1 fully saturated rings. The zero-order valence-electron chi connectivity index (χ0n) is 14.2. The van der Waals surface area contributed by atoms with Crippen LogP contribution in [0.4, 0.5) is 5.69 Å². The Balaban J connectivity index is 1.71. The summed E-state index contributed by atoms with van der Waals surface area (Å²) in [5, 5.41) is 8.20. The number of imide groups is 1. The van der Waals surface area contributed by atoms with Crippen LogP contribution in [0.2, 0.25) is 15.1 Å². The number of halogens is 3. The van der Waals surface area contributed by atoms with Crippen LogP contribution < -0.4 is 10.6 Å². The van der Waals surface area contributed by atoms with Crippen molar-refractivity contribution in [2.45, 2.75) is 11.7 Å². The molecule has 10 heteroatoms. The van der Waals surface area contributed by atoms with Gasteiger partial charge in [0.05, 0.1) is 16.9 Å². The number of rotatable bonds is 4. The van der Waals surface area contributed by atoms with E-state index in [1.54, 1.807) is 24.3 Å². The van der Waals surface area contributed by atoms with Gasteiger partial charge in [-0.2, -0.15) is 5.10 Å². The first kappa shape index (κ1) is 20.7. The Bertz CT molecular complexity index is 997. The Labute approximate surface area is 180 Å². The SMILES string of the molecule is NC(=NN=Cc1ccccc1Cl)SC1CC(=O)N(c2cc(Cl)ccc2Cl)C1=O. The van der Waals surface area contributed by atoms with Crippen LogP contribution in [0.1, 0.15) is 12.0 Å². The topological polar surface area (TPSA) is 88.1 Å². The molecule has 1 aliphatic rings. The number of amides is 2. The molecule has 1 unspecified atom stereocenters. The fourth-order valence-electron chi connectivity index (χ4n) is 2.50. The summed E-state index contributed by atoms with van der Waals surface area (Å²) < 4.78 is 0. The fraction of sp³-hybridized carbons (Fsp3) is 0.111. The molecule has 0 aromatic heterocycles. The Hall–Kier alpha value is -2.06. The fourth-order valence-corrected chi connectivity index (χ4v) is 3.87. The van der Waals surface area contributed by atoms with Gasteiger partial charge in [-0.25, -0.2) is 4.90 Å². The molecule has 2 amide bonds. The molecule has 1 atom stereocenters. The van der Waals surface area contributed by atoms with E-state index in [1.165, 1.54) is 18.3 Å². The van der Waals surface area contributed by atoms with E-state index >= 15 is 0 Å². The second kappa shape index (κ2) is 8.96. The van der Waals surface area contributed by atoms with Gasteiger partial charge in [-0.15, -0.1) is 5.10 Å². The van der Waals surface area contributed by atoms with Crippen LogP contribution in [0.25, 0.3) is 0 Å². The predicted octanol–water partition coefficient (Wildman–Crippen LogP) is 4.36. The summed E-state index contributed by atoms with van der Waals surface area (Å²) in [4.78, 5) is 26.0. The van der Waals surface area contributed by atoms with Gasteiger partial charge in [0, 0.05) is 22.0 Å². The molecule has 0 saturated carbocycles. The Kier molecular flexibility index (Phi) is 6.61. The van der Waals surface area contributed by atoms with Crippen LogP contribution in [0, 0.1) is 0 Å². The van der Waals surface area contributed by atoms with E-state index in [2.05, 4.69) is 10.2 Å². The Morgan fingerprint density at radius 1 is 1.14 bits per heavy atom. The number of amidine groups is 1. The molecule has 3 rings (SSSR count). The lowest BCUT2D eigenvalue weighted by Gasteiger charge is -2.16. The van der Waals surface area contributed by atoms with E-state index in [1.807, 2.05) is 6.07 Å². The number of anilines is 1. The van der Waals surface area contributed by atoms with Gasteiger partial charge in [0.25, 0.3) is 0 Å². The van der Waals surface area contributed by atoms with Crippen molar-refractivity contribution in [3.05, 3.63) is 63.1 Å². The molecule has 144 valence electrons. The molecular formula is C18H13Cl3N4O2S. The number of thioether (sulfide) groups is 1. The number of nitrogens with two attached hydrogens (primary N) is 1. The zero-order valence-corrected chi connectivity index (χ0v) is 17.3. The van der Waals surface area contributed by atoms with E-state index < -0.39 is 11.2 Å². The van der Waals surface area contributed by atoms with Gasteiger partial charge >= 0.3 is 0 Å². The maximum Gasteiger partial charge on any atom is 0.247 e. The maximum atomic E-state index is 12.7. The largest absolute Gasteiger partial charge is 0.377 e. The minimum Gasteiger partial charge on any atom is -0.377 e. The molecule has 1 heterocycles. The minimum absolute atomic E-state index is 0.0310. The quantitative estimate of drug-likeness (QED) is 0.321. The molecule has 1 aliphatic heterocycles. The lowest BCUT2D eigenvalue weighted by Crippen LogP contribution is -2.32. The average Bonchev–Trinajstić information content (AvgIpc) is 2.92. The van der Waals surface area contributed by atoms with Gasteiger partial charge in [0.15, 0.2) is 5.17 Å². The number of benzene rings is 2. The molecule has 0 radical (unpaired) electrons. The lowest BCUT2D eigenvalue weighted by molar-refractivity contribution is -0.121. The van der Waals surface area contributed by atoms with Gasteiger partial charge in [-0.05, 0) is 24.3 Å². The van der Waals surface area contributed by atoms with Crippen molar-refractivity contribution >= 4 is 75.4 Å². The first-order valence-electron chi connectivity index (χ1n) is 7.96. The highest BCUT2D eigenvalue weighted by Gasteiger charge is 2.41. The van der Waals surface area contributed by atoms with Gasteiger partial charge in [0.2, 0.25) is 11.8 Å². The molecule has 0 bridgehead atoms. The van der Waals surface area contributed by atoms with E-state index in [4.69, 9.17) is 40.5 Å². The third-order valence-corrected chi connectivity index (χ3v) is 5.65. The summed E-state index contributed by atoms with van der Waals surface area (Å²) in [6.07, 6.45) is 1.42. The second-order valence-electron chi connectivity index (χ2n) is 5.68. The number of hydrogen-bond acceptors (Lipinski definition) is 5. The van der Waals surface area contributed by atoms with Gasteiger partial charge in [0.1, 0.15) is 5.25 Å². The van der Waals surface area contributed by atoms with Crippen molar-refractivity contribution < 1.29 is 9.59 Å². The standard InChI is InChI=1S/C18H13Cl3N4O2S/c19-11-5-6-13(21)14(7-11)25-16(26)8-15(17(25)27)28-18(22)24-23-9-10-3-1-2-4-12(10)20/h1-7,9,15H,8H2,(H2,22,24). The van der Waals surface area contributed by atoms with Crippen molar-refractivity contribution in [1.82, 2.24) is 0 Å². The van der Waals surface area contributed by atoms with Crippen molar-refractivity contribution in [1.29, 1.82) is 0 Å². The van der Waals surface area contributed by atoms with Crippen LogP contribution >= 0.6 is 46.6 Å². The summed E-state index contributed by atoms with van der Waals surface area (Å²) in [5.74, 6) is -0.827. The molecule has 6 nitrogen and oxygen atoms in total. The van der Waals surface area contributed by atoms with Crippen LogP contribution in [0.15, 0.2) is 52.7 Å². The van der Waals surface area contributed by atoms with Crippen molar-refractivity contribution in [2.24, 2.45) is 15.9 Å². The highest BCUT2D eigenvalue weighted by atomic mass is 35.5. The molecule has 2 aromatic rings. The molecule has 1 saturated heterocycles. The van der Waals surface area contributed by atoms with Crippen molar-refractivity contribution in [2.75, 3.05) is 4.90 Å². The first-order valence-corrected chi connectivity index (χ1v) is 9.97. The summed E-state index contributed by atoms with van der Waals surface area (Å²) in [7, 11) is 0. The average molecular weight is 456 g/mol. The smallest absolute Gasteiger partial charge is 0.247 e. The molecule has 28 heavy (non-hydrogen) atoms. The third kappa shape index (κ3) is 4.67. The van der Waals surface area contributed by atoms with Gasteiger partial charge in [-0.1, -0.05) is 64.8 Å². The van der Waals surface area contributed by atoms with Crippen molar-refractivity contribution in [3.8, 4) is 0 Å². The summed E-state index contributed by atoms with van der Waals surface area (Å²) in [6, 6.07) is 11.7. The predicted molar refractivity (Wildman–Crippen MR) is 116 cm³/mol. The first-order chi connectivity index (χ1) is 13.4. The molecule has 2 aromatic carbocycles. The molecule has 0 spiro atoms. The zero-order chi connectivity index (χ0) is 20.3. The van der Waals surface area contributed by atoms with Gasteiger partial charge < -0.3 is 5.73 Å². The van der Waals surface area contributed by atoms with E-state index in [9.17, 15) is 9.59 Å². The monoisotopic (exact) mass is 454 g/mol. The molecule has 0 aliphatic carbocycles. The van der Waals surface area contributed by atoms with Crippen LogP contribution in [-0.4, -0.2) is 28.4 Å². The highest BCUT2D eigenvalue weighted by Crippen LogP contribution is 2.35. The minimum atomic E-state index is -0.721. The van der Waals surface area contributed by atoms with Crippen molar-refractivity contribution in [3.63, 3.8) is 0 Å². The number of nitrogens with zero attached hydrogens (tertiary/aromatic N) is 3. The summed E-state index contributed by atoms with van der Waals surface area (Å²) in [6.45, 7) is 0. The molecular weight excluding hydrogens is 443 g/mol. The van der Waals surface area contributed by atoms with Crippen LogP contribution in [0.5, 0.6) is 0 Å². The number of hydrogen-bond donors (Lipinski definition) is 1. The Morgan fingerprint density at radius 2 is 1.89 bits per heavy atom.